The molecule has 0 spiro atoms. The molecule has 0 bridgehead atoms. The maximum absolute atomic E-state index is 10.1. The number of aromatic nitrogens is 1. The highest BCUT2D eigenvalue weighted by molar-refractivity contribution is 6.05. The normalized spacial score (nSPS) is 7.14. The lowest BCUT2D eigenvalue weighted by atomic mass is 10.2. The van der Waals surface area contributed by atoms with E-state index in [9.17, 15) is 4.79 Å². The quantitative estimate of drug-likeness (QED) is 0.581. The van der Waals surface area contributed by atoms with E-state index in [1.54, 1.807) is 26.5 Å². The van der Waals surface area contributed by atoms with Crippen LogP contribution in [0.15, 0.2) is 30.6 Å². The molecule has 1 rings (SSSR count). The fraction of sp³-hybridized carbons (Fsp3) is 0.400. The Morgan fingerprint density at radius 2 is 1.50 bits per heavy atom. The summed E-state index contributed by atoms with van der Waals surface area (Å²) in [6.45, 7) is 3.03. The van der Waals surface area contributed by atoms with Gasteiger partial charge in [-0.25, -0.2) is 0 Å². The van der Waals surface area contributed by atoms with Crippen molar-refractivity contribution in [2.45, 2.75) is 13.7 Å². The molecule has 1 heterocycles. The van der Waals surface area contributed by atoms with Gasteiger partial charge < -0.3 is 4.90 Å². The summed E-state index contributed by atoms with van der Waals surface area (Å²) in [7, 11) is 7.95. The summed E-state index contributed by atoms with van der Waals surface area (Å²) in [6.07, 6.45) is 3.50. The molecule has 0 saturated heterocycles. The van der Waals surface area contributed by atoms with Crippen LogP contribution in [0.4, 0.5) is 0 Å². The molecule has 0 atom stereocenters. The van der Waals surface area contributed by atoms with E-state index in [2.05, 4.69) is 12.8 Å². The number of rotatable bonds is 0. The zero-order chi connectivity index (χ0) is 11.4. The molecule has 1 aromatic heterocycles. The Morgan fingerprint density at radius 1 is 1.14 bits per heavy atom. The summed E-state index contributed by atoms with van der Waals surface area (Å²) in [5.74, 6) is 0.0926. The lowest BCUT2D eigenvalue weighted by Crippen LogP contribution is -2.17. The third-order valence-electron chi connectivity index (χ3n) is 1.20. The Labute approximate surface area is 87.6 Å². The van der Waals surface area contributed by atoms with Gasteiger partial charge in [0.2, 0.25) is 5.91 Å². The van der Waals surface area contributed by atoms with Crippen molar-refractivity contribution in [1.29, 1.82) is 0 Å². The number of pyridine rings is 1. The third kappa shape index (κ3) is 13.3. The predicted molar refractivity (Wildman–Crippen MR) is 60.2 cm³/mol. The van der Waals surface area contributed by atoms with E-state index in [4.69, 9.17) is 0 Å². The van der Waals surface area contributed by atoms with Gasteiger partial charge in [-0.3, -0.25) is 9.78 Å². The molecular formula is C10H17BN2O. The van der Waals surface area contributed by atoms with E-state index < -0.39 is 0 Å². The highest BCUT2D eigenvalue weighted by Gasteiger charge is 1.87. The van der Waals surface area contributed by atoms with Crippen LogP contribution in [-0.2, 0) is 4.79 Å². The minimum absolute atomic E-state index is 0.0926. The van der Waals surface area contributed by atoms with E-state index in [1.165, 1.54) is 18.6 Å². The van der Waals surface area contributed by atoms with E-state index in [-0.39, 0.29) is 5.91 Å². The third-order valence-corrected chi connectivity index (χ3v) is 1.20. The second-order valence-electron chi connectivity index (χ2n) is 2.44. The molecule has 1 aromatic rings. The minimum atomic E-state index is 0.0926. The fourth-order valence-corrected chi connectivity index (χ4v) is 0.313. The largest absolute Gasteiger partial charge is 0.349 e. The Kier molecular flexibility index (Phi) is 12.7. The molecule has 0 aromatic carbocycles. The van der Waals surface area contributed by atoms with Crippen molar-refractivity contribution < 1.29 is 4.79 Å². The van der Waals surface area contributed by atoms with E-state index in [1.807, 2.05) is 18.2 Å². The first-order valence-electron chi connectivity index (χ1n) is 4.25. The van der Waals surface area contributed by atoms with Crippen molar-refractivity contribution in [3.63, 3.8) is 0 Å². The van der Waals surface area contributed by atoms with Gasteiger partial charge in [0.15, 0.2) is 0 Å². The van der Waals surface area contributed by atoms with Gasteiger partial charge in [0, 0.05) is 33.4 Å². The summed E-state index contributed by atoms with van der Waals surface area (Å²) >= 11 is 0. The second kappa shape index (κ2) is 11.7. The van der Waals surface area contributed by atoms with Crippen LogP contribution in [0.25, 0.3) is 0 Å². The molecule has 76 valence electrons. The van der Waals surface area contributed by atoms with Crippen molar-refractivity contribution in [2.24, 2.45) is 0 Å². The molecule has 2 radical (unpaired) electrons. The Hall–Kier alpha value is -1.32. The topological polar surface area (TPSA) is 33.2 Å². The summed E-state index contributed by atoms with van der Waals surface area (Å²) in [5.41, 5.74) is 0. The van der Waals surface area contributed by atoms with Gasteiger partial charge in [-0.15, -0.1) is 0 Å². The van der Waals surface area contributed by atoms with Crippen molar-refractivity contribution in [2.75, 3.05) is 14.1 Å². The van der Waals surface area contributed by atoms with Crippen LogP contribution in [0.2, 0.25) is 6.82 Å². The monoisotopic (exact) mass is 192 g/mol. The molecule has 0 aliphatic rings. The van der Waals surface area contributed by atoms with Crippen molar-refractivity contribution in [3.05, 3.63) is 30.6 Å². The van der Waals surface area contributed by atoms with Crippen LogP contribution in [0, 0.1) is 0 Å². The van der Waals surface area contributed by atoms with Crippen LogP contribution >= 0.6 is 0 Å². The lowest BCUT2D eigenvalue weighted by molar-refractivity contribution is -0.126. The van der Waals surface area contributed by atoms with Gasteiger partial charge in [-0.05, 0) is 12.1 Å². The van der Waals surface area contributed by atoms with E-state index in [0.717, 1.165) is 0 Å². The zero-order valence-corrected chi connectivity index (χ0v) is 9.27. The van der Waals surface area contributed by atoms with Crippen LogP contribution < -0.4 is 0 Å². The van der Waals surface area contributed by atoms with Gasteiger partial charge in [-0.2, -0.15) is 0 Å². The smallest absolute Gasteiger partial charge is 0.218 e. The Balaban J connectivity index is 0. The van der Waals surface area contributed by atoms with Crippen molar-refractivity contribution >= 4 is 13.8 Å². The average Bonchev–Trinajstić information content (AvgIpc) is 2.24. The molecule has 0 N–H and O–H groups in total. The molecule has 1 amide bonds. The fourth-order valence-electron chi connectivity index (χ4n) is 0.313. The van der Waals surface area contributed by atoms with Gasteiger partial charge in [0.05, 0.1) is 7.85 Å². The first-order chi connectivity index (χ1) is 6.64. The predicted octanol–water partition coefficient (Wildman–Crippen LogP) is 1.38. The highest BCUT2D eigenvalue weighted by atomic mass is 16.2. The van der Waals surface area contributed by atoms with Crippen LogP contribution in [0.1, 0.15) is 6.92 Å². The lowest BCUT2D eigenvalue weighted by Gasteiger charge is -2.02. The summed E-state index contributed by atoms with van der Waals surface area (Å²) < 4.78 is 0. The first-order valence-corrected chi connectivity index (χ1v) is 4.25. The highest BCUT2D eigenvalue weighted by Crippen LogP contribution is 1.73. The summed E-state index contributed by atoms with van der Waals surface area (Å²) in [5, 5.41) is 0. The molecule has 0 saturated carbocycles. The number of hydrogen-bond donors (Lipinski definition) is 0. The van der Waals surface area contributed by atoms with Crippen LogP contribution in [0.5, 0.6) is 0 Å². The maximum atomic E-state index is 10.1. The SMILES string of the molecule is CC(=O)N(C)C.[B]C.c1ccncc1. The number of carbonyl (C=O) groups excluding carboxylic acids is 1. The molecule has 14 heavy (non-hydrogen) atoms. The summed E-state index contributed by atoms with van der Waals surface area (Å²) in [4.78, 5) is 15.4. The van der Waals surface area contributed by atoms with Gasteiger partial charge in [0.1, 0.15) is 0 Å². The molecule has 0 fully saturated rings. The first kappa shape index (κ1) is 15.2. The standard InChI is InChI=1S/C5H5N.C4H9NO.CH3B/c1-2-4-6-5-3-1;1-4(6)5(2)3;1-2/h1-5H;1-3H3;1H3. The van der Waals surface area contributed by atoms with Gasteiger partial charge in [-0.1, -0.05) is 12.9 Å². The summed E-state index contributed by atoms with van der Waals surface area (Å²) in [6, 6.07) is 5.72. The van der Waals surface area contributed by atoms with Gasteiger partial charge in [0.25, 0.3) is 0 Å². The Bertz CT molecular complexity index is 188. The molecular weight excluding hydrogens is 175 g/mol. The minimum Gasteiger partial charge on any atom is -0.349 e. The molecule has 0 aliphatic carbocycles. The number of amides is 1. The Morgan fingerprint density at radius 3 is 1.57 bits per heavy atom. The second-order valence-corrected chi connectivity index (χ2v) is 2.44. The van der Waals surface area contributed by atoms with Crippen molar-refractivity contribution in [1.82, 2.24) is 9.88 Å². The number of nitrogens with zero attached hydrogens (tertiary/aromatic N) is 2. The molecule has 4 heteroatoms. The number of hydrogen-bond acceptors (Lipinski definition) is 2. The van der Waals surface area contributed by atoms with Gasteiger partial charge >= 0.3 is 0 Å². The maximum Gasteiger partial charge on any atom is 0.218 e. The van der Waals surface area contributed by atoms with Crippen molar-refractivity contribution in [3.8, 4) is 0 Å². The van der Waals surface area contributed by atoms with E-state index in [0.29, 0.717) is 0 Å². The van der Waals surface area contributed by atoms with Crippen LogP contribution in [-0.4, -0.2) is 37.7 Å². The average molecular weight is 192 g/mol. The zero-order valence-electron chi connectivity index (χ0n) is 9.27. The molecule has 0 aliphatic heterocycles. The van der Waals surface area contributed by atoms with E-state index >= 15 is 0 Å². The number of carbonyl (C=O) groups is 1. The molecule has 3 nitrogen and oxygen atoms in total. The molecule has 0 unspecified atom stereocenters. The van der Waals surface area contributed by atoms with Crippen LogP contribution in [0.3, 0.4) is 0 Å².